The zero-order valence-electron chi connectivity index (χ0n) is 11.5. The Labute approximate surface area is 132 Å². The van der Waals surface area contributed by atoms with Gasteiger partial charge in [0.25, 0.3) is 5.91 Å². The minimum atomic E-state index is -0.164. The van der Waals surface area contributed by atoms with E-state index in [2.05, 4.69) is 10.6 Å². The van der Waals surface area contributed by atoms with Gasteiger partial charge in [-0.1, -0.05) is 17.7 Å². The number of nitrogens with one attached hydrogen (secondary N) is 2. The van der Waals surface area contributed by atoms with Gasteiger partial charge in [-0.05, 0) is 36.1 Å². The van der Waals surface area contributed by atoms with Crippen LogP contribution in [0.15, 0.2) is 35.0 Å². The van der Waals surface area contributed by atoms with E-state index < -0.39 is 0 Å². The summed E-state index contributed by atoms with van der Waals surface area (Å²) in [4.78, 5) is 23.5. The maximum Gasteiger partial charge on any atom is 0.252 e. The number of amides is 2. The van der Waals surface area contributed by atoms with Crippen LogP contribution < -0.4 is 10.6 Å². The van der Waals surface area contributed by atoms with Crippen LogP contribution in [-0.4, -0.2) is 18.4 Å². The molecule has 0 fully saturated rings. The lowest BCUT2D eigenvalue weighted by molar-refractivity contribution is -0.116. The Morgan fingerprint density at radius 2 is 2.10 bits per heavy atom. The van der Waals surface area contributed by atoms with Crippen molar-refractivity contribution < 1.29 is 9.59 Å². The molecule has 0 atom stereocenters. The first-order valence-corrected chi connectivity index (χ1v) is 7.75. The molecule has 0 radical (unpaired) electrons. The third-order valence-electron chi connectivity index (χ3n) is 2.89. The molecule has 1 heterocycles. The molecular formula is C15H15ClN2O2S. The molecule has 1 aromatic carbocycles. The predicted molar refractivity (Wildman–Crippen MR) is 86.1 cm³/mol. The number of hydrogen-bond donors (Lipinski definition) is 2. The molecule has 0 bridgehead atoms. The van der Waals surface area contributed by atoms with Gasteiger partial charge in [0.15, 0.2) is 0 Å². The van der Waals surface area contributed by atoms with Crippen molar-refractivity contribution in [3.05, 3.63) is 51.2 Å². The topological polar surface area (TPSA) is 58.2 Å². The average Bonchev–Trinajstić information content (AvgIpc) is 2.97. The molecule has 6 heteroatoms. The van der Waals surface area contributed by atoms with Gasteiger partial charge in [-0.3, -0.25) is 9.59 Å². The Morgan fingerprint density at radius 3 is 2.81 bits per heavy atom. The molecule has 1 aromatic heterocycles. The van der Waals surface area contributed by atoms with E-state index in [9.17, 15) is 9.59 Å². The van der Waals surface area contributed by atoms with Crippen LogP contribution in [-0.2, 0) is 4.79 Å². The van der Waals surface area contributed by atoms with Gasteiger partial charge in [-0.25, -0.2) is 0 Å². The highest BCUT2D eigenvalue weighted by atomic mass is 35.5. The number of carbonyl (C=O) groups is 2. The van der Waals surface area contributed by atoms with Crippen molar-refractivity contribution in [1.82, 2.24) is 5.32 Å². The second kappa shape index (κ2) is 7.24. The highest BCUT2D eigenvalue weighted by molar-refractivity contribution is 7.08. The van der Waals surface area contributed by atoms with Gasteiger partial charge < -0.3 is 10.6 Å². The molecule has 0 aliphatic heterocycles. The number of rotatable bonds is 5. The zero-order valence-corrected chi connectivity index (χ0v) is 13.1. The van der Waals surface area contributed by atoms with Crippen LogP contribution in [0, 0.1) is 6.92 Å². The van der Waals surface area contributed by atoms with Crippen LogP contribution in [0.1, 0.15) is 22.3 Å². The molecule has 2 N–H and O–H groups in total. The molecular weight excluding hydrogens is 308 g/mol. The molecule has 4 nitrogen and oxygen atoms in total. The summed E-state index contributed by atoms with van der Waals surface area (Å²) in [7, 11) is 0. The number of halogens is 1. The van der Waals surface area contributed by atoms with Gasteiger partial charge >= 0.3 is 0 Å². The third-order valence-corrected chi connectivity index (χ3v) is 3.81. The summed E-state index contributed by atoms with van der Waals surface area (Å²) in [6, 6.07) is 7.07. The predicted octanol–water partition coefficient (Wildman–Crippen LogP) is 3.47. The summed E-state index contributed by atoms with van der Waals surface area (Å²) in [5.41, 5.74) is 2.25. The van der Waals surface area contributed by atoms with Crippen LogP contribution in [0.5, 0.6) is 0 Å². The molecule has 0 aliphatic carbocycles. The van der Waals surface area contributed by atoms with Gasteiger partial charge in [0.05, 0.1) is 0 Å². The molecule has 0 unspecified atom stereocenters. The summed E-state index contributed by atoms with van der Waals surface area (Å²) in [5, 5.41) is 9.67. The number of benzene rings is 1. The molecule has 0 aliphatic rings. The van der Waals surface area contributed by atoms with E-state index in [0.717, 1.165) is 5.56 Å². The van der Waals surface area contributed by atoms with Gasteiger partial charge in [0, 0.05) is 34.6 Å². The van der Waals surface area contributed by atoms with Crippen LogP contribution in [0.25, 0.3) is 0 Å². The summed E-state index contributed by atoms with van der Waals surface area (Å²) in [5.74, 6) is -0.325. The van der Waals surface area contributed by atoms with Crippen molar-refractivity contribution in [1.29, 1.82) is 0 Å². The highest BCUT2D eigenvalue weighted by Crippen LogP contribution is 2.20. The fraction of sp³-hybridized carbons (Fsp3) is 0.200. The first kappa shape index (κ1) is 15.5. The second-order valence-electron chi connectivity index (χ2n) is 4.53. The molecule has 0 saturated carbocycles. The largest absolute Gasteiger partial charge is 0.351 e. The number of anilines is 1. The number of thiophene rings is 1. The highest BCUT2D eigenvalue weighted by Gasteiger charge is 2.08. The quantitative estimate of drug-likeness (QED) is 0.885. The van der Waals surface area contributed by atoms with Gasteiger partial charge in [-0.2, -0.15) is 11.3 Å². The lowest BCUT2D eigenvalue weighted by Gasteiger charge is -2.09. The Bertz CT molecular complexity index is 641. The van der Waals surface area contributed by atoms with E-state index in [4.69, 9.17) is 11.6 Å². The molecule has 110 valence electrons. The SMILES string of the molecule is Cc1ccc(Cl)cc1NC(=O)CCNC(=O)c1ccsc1. The number of aryl methyl sites for hydroxylation is 1. The van der Waals surface area contributed by atoms with E-state index in [1.165, 1.54) is 11.3 Å². The molecule has 2 aromatic rings. The molecule has 2 rings (SSSR count). The van der Waals surface area contributed by atoms with Gasteiger partial charge in [0.2, 0.25) is 5.91 Å². The Hall–Kier alpha value is -1.85. The summed E-state index contributed by atoms with van der Waals surface area (Å²) < 4.78 is 0. The third kappa shape index (κ3) is 4.58. The first-order chi connectivity index (χ1) is 10.1. The van der Waals surface area contributed by atoms with Crippen molar-refractivity contribution in [3.63, 3.8) is 0 Å². The summed E-state index contributed by atoms with van der Waals surface area (Å²) in [6.07, 6.45) is 0.210. The van der Waals surface area contributed by atoms with E-state index in [1.54, 1.807) is 23.6 Å². The lowest BCUT2D eigenvalue weighted by Crippen LogP contribution is -2.27. The minimum absolute atomic E-state index is 0.161. The lowest BCUT2D eigenvalue weighted by atomic mass is 10.2. The molecule has 21 heavy (non-hydrogen) atoms. The normalized spacial score (nSPS) is 10.2. The smallest absolute Gasteiger partial charge is 0.252 e. The maximum atomic E-state index is 11.8. The maximum absolute atomic E-state index is 11.8. The van der Waals surface area contributed by atoms with Crippen molar-refractivity contribution in [2.75, 3.05) is 11.9 Å². The molecule has 0 saturated heterocycles. The number of hydrogen-bond acceptors (Lipinski definition) is 3. The Kier molecular flexibility index (Phi) is 5.36. The van der Waals surface area contributed by atoms with E-state index in [1.807, 2.05) is 18.4 Å². The zero-order chi connectivity index (χ0) is 15.2. The van der Waals surface area contributed by atoms with Crippen LogP contribution in [0.4, 0.5) is 5.69 Å². The fourth-order valence-electron chi connectivity index (χ4n) is 1.73. The van der Waals surface area contributed by atoms with Crippen LogP contribution in [0.2, 0.25) is 5.02 Å². The summed E-state index contributed by atoms with van der Waals surface area (Å²) >= 11 is 7.36. The minimum Gasteiger partial charge on any atom is -0.351 e. The van der Waals surface area contributed by atoms with Gasteiger partial charge in [-0.15, -0.1) is 0 Å². The standard InChI is InChI=1S/C15H15ClN2O2S/c1-10-2-3-12(16)8-13(10)18-14(19)4-6-17-15(20)11-5-7-21-9-11/h2-3,5,7-9H,4,6H2,1H3,(H,17,20)(H,18,19). The fourth-order valence-corrected chi connectivity index (χ4v) is 2.53. The van der Waals surface area contributed by atoms with E-state index in [-0.39, 0.29) is 18.2 Å². The van der Waals surface area contributed by atoms with Crippen molar-refractivity contribution in [3.8, 4) is 0 Å². The molecule has 0 spiro atoms. The second-order valence-corrected chi connectivity index (χ2v) is 5.74. The Balaban J connectivity index is 1.80. The van der Waals surface area contributed by atoms with Crippen LogP contribution >= 0.6 is 22.9 Å². The van der Waals surface area contributed by atoms with Crippen molar-refractivity contribution in [2.45, 2.75) is 13.3 Å². The van der Waals surface area contributed by atoms with E-state index >= 15 is 0 Å². The van der Waals surface area contributed by atoms with Crippen molar-refractivity contribution in [2.24, 2.45) is 0 Å². The van der Waals surface area contributed by atoms with E-state index in [0.29, 0.717) is 22.8 Å². The Morgan fingerprint density at radius 1 is 1.29 bits per heavy atom. The first-order valence-electron chi connectivity index (χ1n) is 6.42. The molecule has 2 amide bonds. The van der Waals surface area contributed by atoms with Gasteiger partial charge in [0.1, 0.15) is 0 Å². The number of carbonyl (C=O) groups excluding carboxylic acids is 2. The summed E-state index contributed by atoms with van der Waals surface area (Å²) in [6.45, 7) is 2.18. The van der Waals surface area contributed by atoms with Crippen molar-refractivity contribution >= 4 is 40.4 Å². The average molecular weight is 323 g/mol. The van der Waals surface area contributed by atoms with Crippen LogP contribution in [0.3, 0.4) is 0 Å². The monoisotopic (exact) mass is 322 g/mol.